The van der Waals surface area contributed by atoms with E-state index in [0.717, 1.165) is 4.47 Å². The van der Waals surface area contributed by atoms with Crippen molar-refractivity contribution in [2.45, 2.75) is 6.54 Å². The van der Waals surface area contributed by atoms with E-state index in [1.807, 2.05) is 6.07 Å². The molecule has 2 rings (SSSR count). The van der Waals surface area contributed by atoms with Crippen LogP contribution in [0.1, 0.15) is 5.69 Å². The summed E-state index contributed by atoms with van der Waals surface area (Å²) in [5.41, 5.74) is 6.13. The molecule has 1 aromatic carbocycles. The van der Waals surface area contributed by atoms with Crippen LogP contribution < -0.4 is 10.5 Å². The maximum Gasteiger partial charge on any atom is 0.238 e. The highest BCUT2D eigenvalue weighted by molar-refractivity contribution is 9.10. The van der Waals surface area contributed by atoms with Crippen molar-refractivity contribution in [3.8, 4) is 11.6 Å². The molecule has 0 bridgehead atoms. The number of nitrogens with zero attached hydrogens (tertiary/aromatic N) is 2. The first-order valence-electron chi connectivity index (χ1n) is 4.83. The predicted octanol–water partition coefficient (Wildman–Crippen LogP) is 3.14. The largest absolute Gasteiger partial charge is 0.436 e. The summed E-state index contributed by atoms with van der Waals surface area (Å²) >= 11 is 9.35. The van der Waals surface area contributed by atoms with Crippen LogP contribution in [0.25, 0.3) is 0 Å². The van der Waals surface area contributed by atoms with Gasteiger partial charge in [-0.05, 0) is 18.2 Å². The summed E-state index contributed by atoms with van der Waals surface area (Å²) in [6, 6.07) is 5.34. The van der Waals surface area contributed by atoms with Gasteiger partial charge in [0, 0.05) is 17.2 Å². The fourth-order valence-corrected chi connectivity index (χ4v) is 1.92. The van der Waals surface area contributed by atoms with Gasteiger partial charge >= 0.3 is 0 Å². The van der Waals surface area contributed by atoms with Crippen LogP contribution in [0.4, 0.5) is 0 Å². The number of aromatic nitrogens is 2. The van der Waals surface area contributed by atoms with Gasteiger partial charge in [-0.15, -0.1) is 0 Å². The molecular formula is C11H9BrClN3O. The zero-order chi connectivity index (χ0) is 12.3. The second-order valence-electron chi connectivity index (χ2n) is 3.23. The summed E-state index contributed by atoms with van der Waals surface area (Å²) in [5, 5.41) is 0.499. The molecule has 0 saturated carbocycles. The normalized spacial score (nSPS) is 10.3. The molecule has 0 aliphatic heterocycles. The molecule has 0 saturated heterocycles. The molecule has 88 valence electrons. The summed E-state index contributed by atoms with van der Waals surface area (Å²) in [6.45, 7) is 0.318. The molecule has 4 nitrogen and oxygen atoms in total. The Labute approximate surface area is 112 Å². The van der Waals surface area contributed by atoms with E-state index in [4.69, 9.17) is 22.1 Å². The van der Waals surface area contributed by atoms with Crippen LogP contribution in [0.15, 0.2) is 35.1 Å². The molecule has 0 aliphatic rings. The molecule has 0 radical (unpaired) electrons. The van der Waals surface area contributed by atoms with Gasteiger partial charge < -0.3 is 10.5 Å². The number of rotatable bonds is 3. The number of hydrogen-bond acceptors (Lipinski definition) is 4. The first-order chi connectivity index (χ1) is 8.19. The highest BCUT2D eigenvalue weighted by Crippen LogP contribution is 2.30. The summed E-state index contributed by atoms with van der Waals surface area (Å²) in [4.78, 5) is 8.15. The van der Waals surface area contributed by atoms with Crippen LogP contribution in [-0.2, 0) is 6.54 Å². The summed E-state index contributed by atoms with van der Waals surface area (Å²) in [7, 11) is 0. The quantitative estimate of drug-likeness (QED) is 0.945. The van der Waals surface area contributed by atoms with Gasteiger partial charge in [-0.1, -0.05) is 27.5 Å². The Hall–Kier alpha value is -1.17. The van der Waals surface area contributed by atoms with Crippen molar-refractivity contribution < 1.29 is 4.74 Å². The van der Waals surface area contributed by atoms with Gasteiger partial charge in [0.1, 0.15) is 5.75 Å². The first kappa shape index (κ1) is 12.3. The van der Waals surface area contributed by atoms with Crippen molar-refractivity contribution in [2.75, 3.05) is 0 Å². The SMILES string of the molecule is NCc1cncc(Oc2ccc(Br)cc2Cl)n1. The van der Waals surface area contributed by atoms with Gasteiger partial charge in [-0.2, -0.15) is 0 Å². The second kappa shape index (κ2) is 5.44. The summed E-state index contributed by atoms with van der Waals surface area (Å²) < 4.78 is 6.41. The van der Waals surface area contributed by atoms with E-state index in [2.05, 4.69) is 25.9 Å². The molecule has 0 fully saturated rings. The van der Waals surface area contributed by atoms with E-state index in [9.17, 15) is 0 Å². The molecule has 1 aromatic heterocycles. The van der Waals surface area contributed by atoms with Crippen LogP contribution in [0, 0.1) is 0 Å². The molecule has 0 aliphatic carbocycles. The van der Waals surface area contributed by atoms with Gasteiger partial charge in [0.2, 0.25) is 5.88 Å². The van der Waals surface area contributed by atoms with E-state index < -0.39 is 0 Å². The minimum Gasteiger partial charge on any atom is -0.436 e. The Morgan fingerprint density at radius 2 is 2.18 bits per heavy atom. The van der Waals surface area contributed by atoms with Gasteiger partial charge in [0.15, 0.2) is 0 Å². The number of benzene rings is 1. The second-order valence-corrected chi connectivity index (χ2v) is 4.55. The van der Waals surface area contributed by atoms with Crippen LogP contribution in [0.2, 0.25) is 5.02 Å². The average molecular weight is 315 g/mol. The minimum absolute atomic E-state index is 0.318. The predicted molar refractivity (Wildman–Crippen MR) is 69.1 cm³/mol. The van der Waals surface area contributed by atoms with Crippen molar-refractivity contribution in [1.82, 2.24) is 9.97 Å². The summed E-state index contributed by atoms with van der Waals surface area (Å²) in [5.74, 6) is 0.899. The van der Waals surface area contributed by atoms with Crippen LogP contribution in [0.3, 0.4) is 0 Å². The highest BCUT2D eigenvalue weighted by Gasteiger charge is 2.05. The van der Waals surface area contributed by atoms with Gasteiger partial charge in [-0.25, -0.2) is 4.98 Å². The fraction of sp³-hybridized carbons (Fsp3) is 0.0909. The van der Waals surface area contributed by atoms with E-state index in [1.54, 1.807) is 18.3 Å². The summed E-state index contributed by atoms with van der Waals surface area (Å²) in [6.07, 6.45) is 3.10. The maximum absolute atomic E-state index is 6.03. The van der Waals surface area contributed by atoms with Crippen LogP contribution >= 0.6 is 27.5 Å². The number of halogens is 2. The highest BCUT2D eigenvalue weighted by atomic mass is 79.9. The topological polar surface area (TPSA) is 61.0 Å². The van der Waals surface area contributed by atoms with E-state index in [0.29, 0.717) is 28.9 Å². The first-order valence-corrected chi connectivity index (χ1v) is 6.00. The van der Waals surface area contributed by atoms with Crippen LogP contribution in [-0.4, -0.2) is 9.97 Å². The smallest absolute Gasteiger partial charge is 0.238 e. The molecule has 0 amide bonds. The van der Waals surface area contributed by atoms with E-state index in [1.165, 1.54) is 6.20 Å². The van der Waals surface area contributed by atoms with Crippen LogP contribution in [0.5, 0.6) is 11.6 Å². The monoisotopic (exact) mass is 313 g/mol. The number of ether oxygens (including phenoxy) is 1. The molecule has 0 spiro atoms. The van der Waals surface area contributed by atoms with Gasteiger partial charge in [-0.3, -0.25) is 4.98 Å². The Bertz CT molecular complexity index is 536. The zero-order valence-corrected chi connectivity index (χ0v) is 11.1. The zero-order valence-electron chi connectivity index (χ0n) is 8.73. The lowest BCUT2D eigenvalue weighted by Gasteiger charge is -2.07. The molecule has 6 heteroatoms. The molecule has 2 N–H and O–H groups in total. The van der Waals surface area contributed by atoms with Crippen molar-refractivity contribution in [2.24, 2.45) is 5.73 Å². The molecule has 17 heavy (non-hydrogen) atoms. The molecule has 1 heterocycles. The lowest BCUT2D eigenvalue weighted by atomic mass is 10.3. The Kier molecular flexibility index (Phi) is 3.93. The fourth-order valence-electron chi connectivity index (χ4n) is 1.20. The molecule has 2 aromatic rings. The Balaban J connectivity index is 2.25. The number of nitrogens with two attached hydrogens (primary N) is 1. The van der Waals surface area contributed by atoms with Gasteiger partial charge in [0.25, 0.3) is 0 Å². The Morgan fingerprint density at radius 1 is 1.35 bits per heavy atom. The third-order valence-electron chi connectivity index (χ3n) is 1.98. The Morgan fingerprint density at radius 3 is 2.88 bits per heavy atom. The molecule has 0 unspecified atom stereocenters. The lowest BCUT2D eigenvalue weighted by molar-refractivity contribution is 0.458. The van der Waals surface area contributed by atoms with Crippen molar-refractivity contribution in [3.63, 3.8) is 0 Å². The van der Waals surface area contributed by atoms with Crippen molar-refractivity contribution in [1.29, 1.82) is 0 Å². The average Bonchev–Trinajstić information content (AvgIpc) is 2.33. The maximum atomic E-state index is 6.03. The molecule has 0 atom stereocenters. The standard InChI is InChI=1S/C11H9BrClN3O/c12-7-1-2-10(9(13)3-7)17-11-6-15-5-8(4-14)16-11/h1-3,5-6H,4,14H2. The number of hydrogen-bond donors (Lipinski definition) is 1. The van der Waals surface area contributed by atoms with Crippen molar-refractivity contribution in [3.05, 3.63) is 45.8 Å². The lowest BCUT2D eigenvalue weighted by Crippen LogP contribution is -2.01. The van der Waals surface area contributed by atoms with Gasteiger partial charge in [0.05, 0.1) is 16.9 Å². The third-order valence-corrected chi connectivity index (χ3v) is 2.77. The van der Waals surface area contributed by atoms with E-state index in [-0.39, 0.29) is 0 Å². The third kappa shape index (κ3) is 3.15. The minimum atomic E-state index is 0.318. The molecular weight excluding hydrogens is 305 g/mol. The van der Waals surface area contributed by atoms with E-state index >= 15 is 0 Å². The van der Waals surface area contributed by atoms with Crippen molar-refractivity contribution >= 4 is 27.5 Å².